The monoisotopic (exact) mass is 242 g/mol. The van der Waals surface area contributed by atoms with Gasteiger partial charge in [-0.2, -0.15) is 0 Å². The number of carboxylic acid groups (broad SMARTS) is 1. The lowest BCUT2D eigenvalue weighted by atomic mass is 9.99. The standard InChI is InChI=1S/C11H11ClO4/c1-6(13)11(12)9-5-8(14)3-2-7(9)4-10(15)16/h2-3,5,11,14H,4H2,1H3,(H,15,16). The maximum atomic E-state index is 11.1. The van der Waals surface area contributed by atoms with E-state index in [0.29, 0.717) is 11.1 Å². The van der Waals surface area contributed by atoms with E-state index < -0.39 is 11.3 Å². The van der Waals surface area contributed by atoms with E-state index in [2.05, 4.69) is 0 Å². The fraction of sp³-hybridized carbons (Fsp3) is 0.273. The second-order valence-electron chi connectivity index (χ2n) is 3.43. The van der Waals surface area contributed by atoms with Gasteiger partial charge in [-0.05, 0) is 30.2 Å². The molecule has 0 aliphatic carbocycles. The molecule has 2 N–H and O–H groups in total. The van der Waals surface area contributed by atoms with Crippen molar-refractivity contribution in [2.45, 2.75) is 18.7 Å². The maximum absolute atomic E-state index is 11.1. The van der Waals surface area contributed by atoms with Crippen molar-refractivity contribution < 1.29 is 19.8 Å². The third-order valence-corrected chi connectivity index (χ3v) is 2.64. The maximum Gasteiger partial charge on any atom is 0.307 e. The minimum atomic E-state index is -1.01. The van der Waals surface area contributed by atoms with Crippen LogP contribution < -0.4 is 0 Å². The smallest absolute Gasteiger partial charge is 0.307 e. The predicted octanol–water partition coefficient (Wildman–Crippen LogP) is 1.89. The molecular weight excluding hydrogens is 232 g/mol. The highest BCUT2D eigenvalue weighted by Crippen LogP contribution is 2.28. The summed E-state index contributed by atoms with van der Waals surface area (Å²) in [6.07, 6.45) is -0.230. The van der Waals surface area contributed by atoms with Gasteiger partial charge in [-0.25, -0.2) is 0 Å². The third kappa shape index (κ3) is 2.97. The van der Waals surface area contributed by atoms with Crippen LogP contribution in [0.15, 0.2) is 18.2 Å². The van der Waals surface area contributed by atoms with Crippen LogP contribution >= 0.6 is 11.6 Å². The van der Waals surface area contributed by atoms with E-state index in [4.69, 9.17) is 16.7 Å². The van der Waals surface area contributed by atoms with E-state index in [9.17, 15) is 14.7 Å². The molecule has 0 amide bonds. The van der Waals surface area contributed by atoms with E-state index >= 15 is 0 Å². The average molecular weight is 243 g/mol. The first-order chi connectivity index (χ1) is 7.41. The summed E-state index contributed by atoms with van der Waals surface area (Å²) in [4.78, 5) is 21.7. The minimum Gasteiger partial charge on any atom is -0.508 e. The van der Waals surface area contributed by atoms with Gasteiger partial charge in [0.1, 0.15) is 11.1 Å². The van der Waals surface area contributed by atoms with Crippen LogP contribution in [0, 0.1) is 0 Å². The van der Waals surface area contributed by atoms with Crippen molar-refractivity contribution in [3.63, 3.8) is 0 Å². The largest absolute Gasteiger partial charge is 0.508 e. The van der Waals surface area contributed by atoms with Crippen molar-refractivity contribution in [2.75, 3.05) is 0 Å². The zero-order chi connectivity index (χ0) is 12.3. The third-order valence-electron chi connectivity index (χ3n) is 2.10. The van der Waals surface area contributed by atoms with Crippen molar-refractivity contribution in [2.24, 2.45) is 0 Å². The van der Waals surface area contributed by atoms with E-state index in [1.54, 1.807) is 0 Å². The number of hydrogen-bond donors (Lipinski definition) is 2. The van der Waals surface area contributed by atoms with Gasteiger partial charge in [-0.3, -0.25) is 9.59 Å². The second-order valence-corrected chi connectivity index (χ2v) is 3.86. The summed E-state index contributed by atoms with van der Waals surface area (Å²) < 4.78 is 0. The number of carbonyl (C=O) groups excluding carboxylic acids is 1. The summed E-state index contributed by atoms with van der Waals surface area (Å²) in [5.41, 5.74) is 0.775. The van der Waals surface area contributed by atoms with E-state index in [0.717, 1.165) is 0 Å². The van der Waals surface area contributed by atoms with Crippen molar-refractivity contribution in [3.05, 3.63) is 29.3 Å². The first-order valence-electron chi connectivity index (χ1n) is 4.60. The fourth-order valence-electron chi connectivity index (χ4n) is 1.36. The Hall–Kier alpha value is -1.55. The molecular formula is C11H11ClO4. The molecule has 0 heterocycles. The molecule has 4 nitrogen and oxygen atoms in total. The number of phenols is 1. The van der Waals surface area contributed by atoms with Gasteiger partial charge in [0.25, 0.3) is 0 Å². The minimum absolute atomic E-state index is 0.0453. The lowest BCUT2D eigenvalue weighted by Gasteiger charge is -2.11. The number of aliphatic carboxylic acids is 1. The Morgan fingerprint density at radius 2 is 2.06 bits per heavy atom. The summed E-state index contributed by atoms with van der Waals surface area (Å²) >= 11 is 5.85. The number of rotatable bonds is 4. The summed E-state index contributed by atoms with van der Waals surface area (Å²) in [5, 5.41) is 17.0. The molecule has 1 unspecified atom stereocenters. The van der Waals surface area contributed by atoms with Crippen LogP contribution in [0.1, 0.15) is 23.4 Å². The number of benzene rings is 1. The van der Waals surface area contributed by atoms with Crippen LogP contribution in [-0.4, -0.2) is 22.0 Å². The lowest BCUT2D eigenvalue weighted by Crippen LogP contribution is -2.08. The summed E-state index contributed by atoms with van der Waals surface area (Å²) in [6.45, 7) is 1.31. The second kappa shape index (κ2) is 4.99. The zero-order valence-corrected chi connectivity index (χ0v) is 9.36. The summed E-state index contributed by atoms with van der Waals surface area (Å²) in [7, 11) is 0. The predicted molar refractivity (Wildman–Crippen MR) is 58.7 cm³/mol. The number of ketones is 1. The fourth-order valence-corrected chi connectivity index (χ4v) is 1.56. The number of hydrogen-bond acceptors (Lipinski definition) is 3. The van der Waals surface area contributed by atoms with E-state index in [1.165, 1.54) is 25.1 Å². The van der Waals surface area contributed by atoms with Crippen LogP contribution in [0.25, 0.3) is 0 Å². The number of Topliss-reactive ketones (excluding diaryl/α,β-unsaturated/α-hetero) is 1. The summed E-state index contributed by atoms with van der Waals surface area (Å²) in [5.74, 6) is -1.35. The first-order valence-corrected chi connectivity index (χ1v) is 5.03. The molecule has 0 saturated heterocycles. The molecule has 1 atom stereocenters. The Balaban J connectivity index is 3.17. The molecule has 16 heavy (non-hydrogen) atoms. The Labute approximate surface area is 97.5 Å². The SMILES string of the molecule is CC(=O)C(Cl)c1cc(O)ccc1CC(=O)O. The Morgan fingerprint density at radius 1 is 1.44 bits per heavy atom. The van der Waals surface area contributed by atoms with Crippen molar-refractivity contribution in [1.29, 1.82) is 0 Å². The van der Waals surface area contributed by atoms with Crippen LogP contribution in [0.5, 0.6) is 5.75 Å². The van der Waals surface area contributed by atoms with Gasteiger partial charge in [0.15, 0.2) is 5.78 Å². The molecule has 0 spiro atoms. The molecule has 0 aliphatic rings. The highest BCUT2D eigenvalue weighted by molar-refractivity contribution is 6.31. The Morgan fingerprint density at radius 3 is 2.56 bits per heavy atom. The van der Waals surface area contributed by atoms with Gasteiger partial charge in [0.2, 0.25) is 0 Å². The Bertz CT molecular complexity index is 428. The first kappa shape index (κ1) is 12.5. The van der Waals surface area contributed by atoms with Gasteiger partial charge in [-0.15, -0.1) is 11.6 Å². The van der Waals surface area contributed by atoms with E-state index in [-0.39, 0.29) is 18.0 Å². The van der Waals surface area contributed by atoms with Gasteiger partial charge >= 0.3 is 5.97 Å². The molecule has 0 aliphatic heterocycles. The highest BCUT2D eigenvalue weighted by atomic mass is 35.5. The van der Waals surface area contributed by atoms with Gasteiger partial charge < -0.3 is 10.2 Å². The van der Waals surface area contributed by atoms with Crippen molar-refractivity contribution in [3.8, 4) is 5.75 Å². The summed E-state index contributed by atoms with van der Waals surface area (Å²) in [6, 6.07) is 4.14. The number of halogens is 1. The van der Waals surface area contributed by atoms with Crippen LogP contribution in [0.2, 0.25) is 0 Å². The quantitative estimate of drug-likeness (QED) is 0.791. The highest BCUT2D eigenvalue weighted by Gasteiger charge is 2.18. The van der Waals surface area contributed by atoms with E-state index in [1.807, 2.05) is 0 Å². The molecule has 1 aromatic rings. The molecule has 0 aromatic heterocycles. The number of aromatic hydroxyl groups is 1. The molecule has 0 radical (unpaired) electrons. The van der Waals surface area contributed by atoms with Crippen molar-refractivity contribution in [1.82, 2.24) is 0 Å². The topological polar surface area (TPSA) is 74.6 Å². The number of carbonyl (C=O) groups is 2. The van der Waals surface area contributed by atoms with Gasteiger partial charge in [0.05, 0.1) is 6.42 Å². The van der Waals surface area contributed by atoms with Crippen LogP contribution in [0.4, 0.5) is 0 Å². The van der Waals surface area contributed by atoms with Crippen LogP contribution in [0.3, 0.4) is 0 Å². The average Bonchev–Trinajstić information content (AvgIpc) is 2.18. The molecule has 1 rings (SSSR count). The lowest BCUT2D eigenvalue weighted by molar-refractivity contribution is -0.136. The normalized spacial score (nSPS) is 12.1. The van der Waals surface area contributed by atoms with Gasteiger partial charge in [-0.1, -0.05) is 6.07 Å². The molecule has 5 heteroatoms. The number of phenolic OH excluding ortho intramolecular Hbond substituents is 1. The van der Waals surface area contributed by atoms with Gasteiger partial charge in [0, 0.05) is 0 Å². The molecule has 0 saturated carbocycles. The molecule has 86 valence electrons. The van der Waals surface area contributed by atoms with Crippen molar-refractivity contribution >= 4 is 23.4 Å². The van der Waals surface area contributed by atoms with Crippen LogP contribution in [-0.2, 0) is 16.0 Å². The molecule has 0 fully saturated rings. The Kier molecular flexibility index (Phi) is 3.90. The number of carboxylic acids is 1. The zero-order valence-electron chi connectivity index (χ0n) is 8.61. The molecule has 1 aromatic carbocycles. The number of alkyl halides is 1. The molecule has 0 bridgehead atoms.